The molecule has 0 radical (unpaired) electrons. The molecule has 108 valence electrons. The highest BCUT2D eigenvalue weighted by atomic mass is 19.3. The highest BCUT2D eigenvalue weighted by Crippen LogP contribution is 2.34. The van der Waals surface area contributed by atoms with E-state index >= 15 is 0 Å². The van der Waals surface area contributed by atoms with E-state index in [0.717, 1.165) is 12.1 Å². The highest BCUT2D eigenvalue weighted by molar-refractivity contribution is 5.28. The van der Waals surface area contributed by atoms with E-state index in [-0.39, 0.29) is 12.0 Å². The molecule has 1 nitrogen and oxygen atoms in total. The number of likely N-dealkylation sites (N-methyl/N-ethyl adjacent to an activating group) is 1. The maximum Gasteiger partial charge on any atom is 0.273 e. The standard InChI is InChI=1S/C16H25F2N/c1-5-10-16(17,18)14-8-6-13(7-9-14)15(11-19-4)12(2)3/h6-9,12,15,19H,5,10-11H2,1-4H3. The smallest absolute Gasteiger partial charge is 0.273 e. The molecule has 1 aromatic carbocycles. The minimum atomic E-state index is -2.70. The van der Waals surface area contributed by atoms with E-state index in [1.54, 1.807) is 19.1 Å². The summed E-state index contributed by atoms with van der Waals surface area (Å²) in [5.74, 6) is -1.86. The number of benzene rings is 1. The third kappa shape index (κ3) is 4.27. The fraction of sp³-hybridized carbons (Fsp3) is 0.625. The minimum Gasteiger partial charge on any atom is -0.319 e. The number of alkyl halides is 2. The largest absolute Gasteiger partial charge is 0.319 e. The third-order valence-electron chi connectivity index (χ3n) is 3.55. The lowest BCUT2D eigenvalue weighted by atomic mass is 9.87. The van der Waals surface area contributed by atoms with Crippen LogP contribution in [0.4, 0.5) is 8.78 Å². The molecule has 19 heavy (non-hydrogen) atoms. The number of hydrogen-bond acceptors (Lipinski definition) is 1. The topological polar surface area (TPSA) is 12.0 Å². The molecule has 0 fully saturated rings. The Balaban J connectivity index is 2.91. The molecule has 1 N–H and O–H groups in total. The van der Waals surface area contributed by atoms with E-state index in [4.69, 9.17) is 0 Å². The maximum absolute atomic E-state index is 13.8. The second kappa shape index (κ2) is 6.99. The molecule has 0 aliphatic rings. The van der Waals surface area contributed by atoms with Gasteiger partial charge in [0.2, 0.25) is 0 Å². The van der Waals surface area contributed by atoms with Crippen molar-refractivity contribution < 1.29 is 8.78 Å². The molecule has 0 heterocycles. The van der Waals surface area contributed by atoms with Gasteiger partial charge in [0.25, 0.3) is 5.92 Å². The predicted molar refractivity (Wildman–Crippen MR) is 76.7 cm³/mol. The van der Waals surface area contributed by atoms with E-state index in [1.165, 1.54) is 0 Å². The Morgan fingerprint density at radius 3 is 2.16 bits per heavy atom. The number of rotatable bonds is 7. The lowest BCUT2D eigenvalue weighted by molar-refractivity contribution is -0.0140. The summed E-state index contributed by atoms with van der Waals surface area (Å²) < 4.78 is 27.6. The van der Waals surface area contributed by atoms with E-state index in [0.29, 0.717) is 18.3 Å². The van der Waals surface area contributed by atoms with E-state index in [2.05, 4.69) is 19.2 Å². The summed E-state index contributed by atoms with van der Waals surface area (Å²) in [6.07, 6.45) is 0.402. The molecule has 0 aromatic heterocycles. The van der Waals surface area contributed by atoms with Crippen LogP contribution in [-0.4, -0.2) is 13.6 Å². The first-order valence-corrected chi connectivity index (χ1v) is 7.05. The van der Waals surface area contributed by atoms with Crippen molar-refractivity contribution in [2.45, 2.75) is 45.5 Å². The maximum atomic E-state index is 13.8. The van der Waals surface area contributed by atoms with Crippen molar-refractivity contribution in [1.29, 1.82) is 0 Å². The Morgan fingerprint density at radius 2 is 1.74 bits per heavy atom. The molecule has 0 aliphatic carbocycles. The molecular weight excluding hydrogens is 244 g/mol. The molecule has 1 unspecified atom stereocenters. The summed E-state index contributed by atoms with van der Waals surface area (Å²) in [5.41, 5.74) is 1.26. The van der Waals surface area contributed by atoms with Crippen LogP contribution in [0.3, 0.4) is 0 Å². The van der Waals surface area contributed by atoms with Crippen LogP contribution in [0.15, 0.2) is 24.3 Å². The van der Waals surface area contributed by atoms with Gasteiger partial charge in [-0.1, -0.05) is 51.5 Å². The molecule has 0 saturated heterocycles. The monoisotopic (exact) mass is 269 g/mol. The molecule has 0 saturated carbocycles. The van der Waals surface area contributed by atoms with E-state index < -0.39 is 5.92 Å². The van der Waals surface area contributed by atoms with Gasteiger partial charge in [-0.2, -0.15) is 0 Å². The van der Waals surface area contributed by atoms with Crippen LogP contribution in [0, 0.1) is 5.92 Å². The zero-order chi connectivity index (χ0) is 14.5. The summed E-state index contributed by atoms with van der Waals surface area (Å²) in [6, 6.07) is 6.86. The first-order chi connectivity index (χ1) is 8.92. The Hall–Kier alpha value is -0.960. The highest BCUT2D eigenvalue weighted by Gasteiger charge is 2.30. The molecule has 1 aromatic rings. The van der Waals surface area contributed by atoms with Crippen LogP contribution in [0.2, 0.25) is 0 Å². The van der Waals surface area contributed by atoms with Gasteiger partial charge in [-0.25, -0.2) is 8.78 Å². The second-order valence-electron chi connectivity index (χ2n) is 5.48. The summed E-state index contributed by atoms with van der Waals surface area (Å²) in [7, 11) is 1.92. The van der Waals surface area contributed by atoms with Crippen LogP contribution in [0.25, 0.3) is 0 Å². The molecule has 0 spiro atoms. The molecule has 0 aliphatic heterocycles. The van der Waals surface area contributed by atoms with Gasteiger partial charge in [-0.05, 0) is 24.4 Å². The quantitative estimate of drug-likeness (QED) is 0.766. The van der Waals surface area contributed by atoms with Crippen LogP contribution in [0.5, 0.6) is 0 Å². The first kappa shape index (κ1) is 16.1. The predicted octanol–water partition coefficient (Wildman–Crippen LogP) is 4.54. The summed E-state index contributed by atoms with van der Waals surface area (Å²) in [6.45, 7) is 6.95. The van der Waals surface area contributed by atoms with Crippen LogP contribution in [-0.2, 0) is 5.92 Å². The van der Waals surface area contributed by atoms with Crippen LogP contribution >= 0.6 is 0 Å². The second-order valence-corrected chi connectivity index (χ2v) is 5.48. The Morgan fingerprint density at radius 1 is 1.16 bits per heavy atom. The fourth-order valence-corrected chi connectivity index (χ4v) is 2.39. The van der Waals surface area contributed by atoms with Crippen molar-refractivity contribution in [2.24, 2.45) is 5.92 Å². The Bertz CT molecular complexity index is 371. The van der Waals surface area contributed by atoms with Gasteiger partial charge >= 0.3 is 0 Å². The fourth-order valence-electron chi connectivity index (χ4n) is 2.39. The lowest BCUT2D eigenvalue weighted by Crippen LogP contribution is -2.21. The van der Waals surface area contributed by atoms with Gasteiger partial charge in [0.05, 0.1) is 0 Å². The van der Waals surface area contributed by atoms with Crippen molar-refractivity contribution in [3.05, 3.63) is 35.4 Å². The number of nitrogens with one attached hydrogen (secondary N) is 1. The van der Waals surface area contributed by atoms with Crippen molar-refractivity contribution in [1.82, 2.24) is 5.32 Å². The van der Waals surface area contributed by atoms with Crippen LogP contribution < -0.4 is 5.32 Å². The molecule has 1 atom stereocenters. The third-order valence-corrected chi connectivity index (χ3v) is 3.55. The summed E-state index contributed by atoms with van der Waals surface area (Å²) in [4.78, 5) is 0. The lowest BCUT2D eigenvalue weighted by Gasteiger charge is -2.22. The minimum absolute atomic E-state index is 0.0868. The SMILES string of the molecule is CCCC(F)(F)c1ccc(C(CNC)C(C)C)cc1. The summed E-state index contributed by atoms with van der Waals surface area (Å²) in [5, 5.41) is 3.16. The van der Waals surface area contributed by atoms with Gasteiger partial charge in [0.1, 0.15) is 0 Å². The Kier molecular flexibility index (Phi) is 5.92. The van der Waals surface area contributed by atoms with Crippen molar-refractivity contribution >= 4 is 0 Å². The number of hydrogen-bond donors (Lipinski definition) is 1. The van der Waals surface area contributed by atoms with Crippen molar-refractivity contribution in [2.75, 3.05) is 13.6 Å². The average Bonchev–Trinajstić information content (AvgIpc) is 2.35. The Labute approximate surface area is 115 Å². The van der Waals surface area contributed by atoms with Gasteiger partial charge in [-0.15, -0.1) is 0 Å². The molecule has 1 rings (SSSR count). The molecular formula is C16H25F2N. The normalized spacial score (nSPS) is 13.8. The average molecular weight is 269 g/mol. The number of halogens is 2. The molecule has 0 bridgehead atoms. The molecule has 3 heteroatoms. The van der Waals surface area contributed by atoms with E-state index in [1.807, 2.05) is 19.2 Å². The van der Waals surface area contributed by atoms with Gasteiger partial charge < -0.3 is 5.32 Å². The molecule has 0 amide bonds. The first-order valence-electron chi connectivity index (χ1n) is 7.05. The zero-order valence-corrected chi connectivity index (χ0v) is 12.3. The van der Waals surface area contributed by atoms with Gasteiger partial charge in [0, 0.05) is 18.5 Å². The van der Waals surface area contributed by atoms with Crippen LogP contribution in [0.1, 0.15) is 50.7 Å². The van der Waals surface area contributed by atoms with Gasteiger partial charge in [0.15, 0.2) is 0 Å². The van der Waals surface area contributed by atoms with Crippen molar-refractivity contribution in [3.63, 3.8) is 0 Å². The van der Waals surface area contributed by atoms with E-state index in [9.17, 15) is 8.78 Å². The summed E-state index contributed by atoms with van der Waals surface area (Å²) >= 11 is 0. The van der Waals surface area contributed by atoms with Crippen molar-refractivity contribution in [3.8, 4) is 0 Å². The zero-order valence-electron chi connectivity index (χ0n) is 12.3. The van der Waals surface area contributed by atoms with Gasteiger partial charge in [-0.3, -0.25) is 0 Å².